The van der Waals surface area contributed by atoms with Crippen LogP contribution in [0, 0.1) is 0 Å². The van der Waals surface area contributed by atoms with E-state index >= 15 is 0 Å². The molecule has 4 heterocycles. The van der Waals surface area contributed by atoms with Crippen LogP contribution in [0.4, 0.5) is 5.82 Å². The molecule has 3 aromatic rings. The van der Waals surface area contributed by atoms with Gasteiger partial charge in [-0.3, -0.25) is 13.6 Å². The van der Waals surface area contributed by atoms with Crippen molar-refractivity contribution in [2.75, 3.05) is 32.7 Å². The summed E-state index contributed by atoms with van der Waals surface area (Å²) in [6.45, 7) is 0.398. The van der Waals surface area contributed by atoms with E-state index in [4.69, 9.17) is 23.3 Å². The Morgan fingerprint density at radius 1 is 1.24 bits per heavy atom. The molecule has 34 heavy (non-hydrogen) atoms. The number of phosphoric ester groups is 1. The van der Waals surface area contributed by atoms with Gasteiger partial charge in [0.25, 0.3) is 0 Å². The van der Waals surface area contributed by atoms with Crippen LogP contribution in [0.3, 0.4) is 0 Å². The molecule has 5 rings (SSSR count). The largest absolute Gasteiger partial charge is 0.493 e. The van der Waals surface area contributed by atoms with E-state index < -0.39 is 32.4 Å². The maximum absolute atomic E-state index is 11.7. The molecule has 2 aliphatic heterocycles. The van der Waals surface area contributed by atoms with Crippen molar-refractivity contribution in [2.45, 2.75) is 31.0 Å². The number of anilines is 1. The molecule has 5 atom stereocenters. The first kappa shape index (κ1) is 23.0. The van der Waals surface area contributed by atoms with Crippen molar-refractivity contribution in [3.8, 4) is 11.5 Å². The summed E-state index contributed by atoms with van der Waals surface area (Å²) in [6.07, 6.45) is -0.294. The summed E-state index contributed by atoms with van der Waals surface area (Å²) in [7, 11) is -1.03. The van der Waals surface area contributed by atoms with E-state index in [0.29, 0.717) is 41.4 Å². The zero-order valence-electron chi connectivity index (χ0n) is 18.4. The van der Waals surface area contributed by atoms with Crippen LogP contribution in [-0.2, 0) is 24.8 Å². The molecule has 2 saturated heterocycles. The van der Waals surface area contributed by atoms with Gasteiger partial charge in [-0.2, -0.15) is 0 Å². The Morgan fingerprint density at radius 2 is 2.06 bits per heavy atom. The minimum atomic E-state index is -4.22. The first-order valence-corrected chi connectivity index (χ1v) is 12.0. The molecule has 2 fully saturated rings. The number of aliphatic hydroxyl groups excluding tert-OH is 1. The Bertz CT molecular complexity index is 1240. The number of ether oxygens (including phenoxy) is 3. The van der Waals surface area contributed by atoms with Crippen molar-refractivity contribution in [2.24, 2.45) is 0 Å². The molecule has 0 radical (unpaired) electrons. The molecule has 1 aromatic carbocycles. The first-order chi connectivity index (χ1) is 16.4. The van der Waals surface area contributed by atoms with Gasteiger partial charge in [0.2, 0.25) is 0 Å². The van der Waals surface area contributed by atoms with Crippen molar-refractivity contribution < 1.29 is 37.8 Å². The van der Waals surface area contributed by atoms with E-state index in [9.17, 15) is 14.6 Å². The molecule has 2 aromatic heterocycles. The monoisotopic (exact) mass is 493 g/mol. The molecule has 0 bridgehead atoms. The van der Waals surface area contributed by atoms with Gasteiger partial charge < -0.3 is 29.5 Å². The number of aliphatic hydroxyl groups is 1. The third-order valence-corrected chi connectivity index (χ3v) is 6.74. The van der Waals surface area contributed by atoms with E-state index in [1.54, 1.807) is 18.8 Å². The van der Waals surface area contributed by atoms with Gasteiger partial charge in [0, 0.05) is 6.54 Å². The number of hydrogen-bond donors (Lipinski definition) is 3. The van der Waals surface area contributed by atoms with Crippen LogP contribution in [0.2, 0.25) is 0 Å². The number of rotatable bonds is 7. The van der Waals surface area contributed by atoms with Crippen molar-refractivity contribution >= 4 is 24.8 Å². The topological polar surface area (TPSA) is 159 Å². The molecule has 0 saturated carbocycles. The number of nitrogens with zero attached hydrogens (tertiary/aromatic N) is 4. The molecular weight excluding hydrogens is 469 g/mol. The van der Waals surface area contributed by atoms with Crippen molar-refractivity contribution in [3.05, 3.63) is 36.4 Å². The van der Waals surface area contributed by atoms with Crippen LogP contribution in [0.1, 0.15) is 11.8 Å². The number of fused-ring (bicyclic) bond motifs is 2. The molecule has 2 aliphatic rings. The van der Waals surface area contributed by atoms with Gasteiger partial charge in [-0.05, 0) is 24.1 Å². The highest BCUT2D eigenvalue weighted by Crippen LogP contribution is 2.52. The number of benzene rings is 1. The number of phosphoric acid groups is 1. The quantitative estimate of drug-likeness (QED) is 0.405. The van der Waals surface area contributed by atoms with Crippen LogP contribution in [-0.4, -0.2) is 75.2 Å². The van der Waals surface area contributed by atoms with Gasteiger partial charge in [-0.1, -0.05) is 6.07 Å². The van der Waals surface area contributed by atoms with Crippen LogP contribution < -0.4 is 14.8 Å². The second kappa shape index (κ2) is 9.10. The van der Waals surface area contributed by atoms with Crippen molar-refractivity contribution in [3.63, 3.8) is 0 Å². The average Bonchev–Trinajstić information content (AvgIpc) is 3.40. The van der Waals surface area contributed by atoms with E-state index in [1.165, 1.54) is 12.7 Å². The summed E-state index contributed by atoms with van der Waals surface area (Å²) in [5, 5.41) is 14.0. The lowest BCUT2D eigenvalue weighted by Gasteiger charge is -2.27. The maximum Gasteiger partial charge on any atom is 0.472 e. The Kier molecular flexibility index (Phi) is 6.15. The minimum Gasteiger partial charge on any atom is -0.493 e. The predicted octanol–water partition coefficient (Wildman–Crippen LogP) is 1.27. The lowest BCUT2D eigenvalue weighted by molar-refractivity contribution is -0.0664. The molecule has 13 nitrogen and oxygen atoms in total. The first-order valence-electron chi connectivity index (χ1n) is 10.5. The highest BCUT2D eigenvalue weighted by Gasteiger charge is 2.52. The maximum atomic E-state index is 11.7. The summed E-state index contributed by atoms with van der Waals surface area (Å²) in [6, 6.07) is 5.73. The van der Waals surface area contributed by atoms with Crippen molar-refractivity contribution in [1.29, 1.82) is 0 Å². The van der Waals surface area contributed by atoms with Crippen LogP contribution in [0.5, 0.6) is 11.5 Å². The lowest BCUT2D eigenvalue weighted by atomic mass is 10.1. The highest BCUT2D eigenvalue weighted by molar-refractivity contribution is 7.47. The smallest absolute Gasteiger partial charge is 0.472 e. The molecular formula is C20H24N5O8P. The third-order valence-electron chi connectivity index (χ3n) is 5.75. The third kappa shape index (κ3) is 4.22. The van der Waals surface area contributed by atoms with E-state index in [2.05, 4.69) is 20.3 Å². The van der Waals surface area contributed by atoms with Gasteiger partial charge in [0.15, 0.2) is 34.7 Å². The van der Waals surface area contributed by atoms with Gasteiger partial charge in [0.05, 0.1) is 27.2 Å². The van der Waals surface area contributed by atoms with Gasteiger partial charge in [-0.25, -0.2) is 19.5 Å². The summed E-state index contributed by atoms with van der Waals surface area (Å²) in [5.41, 5.74) is 1.97. The number of imidazole rings is 1. The summed E-state index contributed by atoms with van der Waals surface area (Å²) < 4.78 is 39.5. The van der Waals surface area contributed by atoms with Crippen LogP contribution in [0.25, 0.3) is 11.2 Å². The number of nitrogens with one attached hydrogen (secondary N) is 1. The Hall–Kier alpha value is -2.80. The molecule has 1 unspecified atom stereocenters. The zero-order valence-corrected chi connectivity index (χ0v) is 19.3. The Balaban J connectivity index is 1.31. The summed E-state index contributed by atoms with van der Waals surface area (Å²) >= 11 is 0. The van der Waals surface area contributed by atoms with Crippen LogP contribution in [0.15, 0.2) is 30.9 Å². The zero-order chi connectivity index (χ0) is 23.9. The van der Waals surface area contributed by atoms with Gasteiger partial charge in [-0.15, -0.1) is 0 Å². The normalized spacial score (nSPS) is 28.6. The average molecular weight is 493 g/mol. The Morgan fingerprint density at radius 3 is 2.85 bits per heavy atom. The van der Waals surface area contributed by atoms with Gasteiger partial charge in [0.1, 0.15) is 24.6 Å². The van der Waals surface area contributed by atoms with E-state index in [1.807, 2.05) is 18.2 Å². The molecule has 0 spiro atoms. The fourth-order valence-corrected chi connectivity index (χ4v) is 5.06. The summed E-state index contributed by atoms with van der Waals surface area (Å²) in [5.74, 6) is 1.84. The minimum absolute atomic E-state index is 0.170. The molecule has 3 N–H and O–H groups in total. The SMILES string of the molecule is COc1ccc(CCNc2ncnc3c2ncn3[C@@H]2O[C@@H]3COP(=O)(O)O[C@H]3[C@H]2O)cc1OC. The second-order valence-corrected chi connectivity index (χ2v) is 9.21. The molecule has 0 amide bonds. The molecule has 182 valence electrons. The molecule has 14 heteroatoms. The van der Waals surface area contributed by atoms with Crippen LogP contribution >= 0.6 is 7.82 Å². The highest BCUT2D eigenvalue weighted by atomic mass is 31.2. The lowest BCUT2D eigenvalue weighted by Crippen LogP contribution is -2.39. The van der Waals surface area contributed by atoms with E-state index in [-0.39, 0.29) is 6.61 Å². The fraction of sp³-hybridized carbons (Fsp3) is 0.450. The standard InChI is InChI=1S/C20H24N5O8P/c1-29-12-4-3-11(7-13(12)30-2)5-6-21-18-15-19(23-9-22-18)25(10-24-15)20-16(26)17-14(32-20)8-31-34(27,28)33-17/h3-4,7,9-10,14,16-17,20,26H,5-6,8H2,1-2H3,(H,27,28)(H,21,22,23)/t14-,16-,17-,20-/m1/s1. The number of aromatic nitrogens is 4. The summed E-state index contributed by atoms with van der Waals surface area (Å²) in [4.78, 5) is 22.5. The fourth-order valence-electron chi connectivity index (χ4n) is 4.09. The Labute approximate surface area is 194 Å². The number of methoxy groups -OCH3 is 2. The van der Waals surface area contributed by atoms with E-state index in [0.717, 1.165) is 5.56 Å². The second-order valence-electron chi connectivity index (χ2n) is 7.80. The van der Waals surface area contributed by atoms with Crippen molar-refractivity contribution in [1.82, 2.24) is 19.5 Å². The number of hydrogen-bond acceptors (Lipinski definition) is 11. The predicted molar refractivity (Wildman–Crippen MR) is 118 cm³/mol. The van der Waals surface area contributed by atoms with Gasteiger partial charge >= 0.3 is 7.82 Å². The molecule has 0 aliphatic carbocycles.